The third-order valence-corrected chi connectivity index (χ3v) is 5.96. The van der Waals surface area contributed by atoms with Crippen molar-refractivity contribution in [1.82, 2.24) is 14.8 Å². The van der Waals surface area contributed by atoms with E-state index in [4.69, 9.17) is 4.74 Å². The van der Waals surface area contributed by atoms with Crippen LogP contribution in [0.1, 0.15) is 40.5 Å². The molecule has 0 spiro atoms. The topological polar surface area (TPSA) is 86.1 Å². The molecule has 0 aliphatic heterocycles. The molecule has 1 N–H and O–H groups in total. The lowest BCUT2D eigenvalue weighted by Gasteiger charge is -2.08. The highest BCUT2D eigenvalue weighted by molar-refractivity contribution is 7.99. The number of aryl methyl sites for hydroxylation is 2. The van der Waals surface area contributed by atoms with Crippen LogP contribution in [0, 0.1) is 13.8 Å². The van der Waals surface area contributed by atoms with Crippen LogP contribution in [0.25, 0.3) is 0 Å². The highest BCUT2D eigenvalue weighted by Crippen LogP contribution is 2.33. The van der Waals surface area contributed by atoms with Crippen molar-refractivity contribution in [3.05, 3.63) is 34.5 Å². The first-order valence-corrected chi connectivity index (χ1v) is 10.5. The number of thioether (sulfide) groups is 1. The number of nitrogens with one attached hydrogen (secondary N) is 1. The molecule has 2 rings (SSSR count). The second-order valence-electron chi connectivity index (χ2n) is 5.70. The molecular weight excluding hydrogens is 384 g/mol. The van der Waals surface area contributed by atoms with Gasteiger partial charge in [-0.25, -0.2) is 4.79 Å². The first-order valence-electron chi connectivity index (χ1n) is 8.65. The van der Waals surface area contributed by atoms with E-state index < -0.39 is 5.97 Å². The number of ether oxygens (including phenoxy) is 1. The Labute approximate surface area is 167 Å². The van der Waals surface area contributed by atoms with Crippen LogP contribution in [0.4, 0.5) is 5.00 Å². The molecule has 0 aliphatic carbocycles. The average molecular weight is 409 g/mol. The van der Waals surface area contributed by atoms with Gasteiger partial charge in [0, 0.05) is 17.8 Å². The molecule has 2 heterocycles. The lowest BCUT2D eigenvalue weighted by Crippen LogP contribution is -2.17. The molecule has 9 heteroatoms. The van der Waals surface area contributed by atoms with Crippen molar-refractivity contribution < 1.29 is 14.3 Å². The SMILES string of the molecule is C=CCn1c(CC)nnc1SCC(=O)Nc1sc(C)c(C)c1C(=O)OCC. The first kappa shape index (κ1) is 21.2. The van der Waals surface area contributed by atoms with Gasteiger partial charge in [0.2, 0.25) is 5.91 Å². The Kier molecular flexibility index (Phi) is 7.61. The maximum atomic E-state index is 12.4. The number of aromatic nitrogens is 3. The predicted octanol–water partition coefficient (Wildman–Crippen LogP) is 3.61. The molecule has 0 atom stereocenters. The lowest BCUT2D eigenvalue weighted by molar-refractivity contribution is -0.113. The maximum Gasteiger partial charge on any atom is 0.341 e. The fourth-order valence-electron chi connectivity index (χ4n) is 2.46. The number of allylic oxidation sites excluding steroid dienone is 1. The van der Waals surface area contributed by atoms with Crippen molar-refractivity contribution in [3.8, 4) is 0 Å². The molecule has 0 aliphatic rings. The van der Waals surface area contributed by atoms with Gasteiger partial charge in [0.15, 0.2) is 5.16 Å². The highest BCUT2D eigenvalue weighted by Gasteiger charge is 2.22. The quantitative estimate of drug-likeness (QED) is 0.387. The number of esters is 1. The first-order chi connectivity index (χ1) is 12.9. The van der Waals surface area contributed by atoms with Crippen LogP contribution in [0.2, 0.25) is 0 Å². The zero-order valence-corrected chi connectivity index (χ0v) is 17.6. The lowest BCUT2D eigenvalue weighted by atomic mass is 10.1. The molecular formula is C18H24N4O3S2. The van der Waals surface area contributed by atoms with Crippen molar-refractivity contribution in [2.75, 3.05) is 17.7 Å². The number of rotatable bonds is 9. The number of carbonyl (C=O) groups is 2. The van der Waals surface area contributed by atoms with E-state index >= 15 is 0 Å². The summed E-state index contributed by atoms with van der Waals surface area (Å²) in [4.78, 5) is 25.6. The van der Waals surface area contributed by atoms with Crippen LogP contribution in [0.3, 0.4) is 0 Å². The van der Waals surface area contributed by atoms with Crippen LogP contribution in [-0.2, 0) is 22.5 Å². The van der Waals surface area contributed by atoms with Gasteiger partial charge in [-0.3, -0.25) is 4.79 Å². The van der Waals surface area contributed by atoms with E-state index in [0.717, 1.165) is 22.7 Å². The van der Waals surface area contributed by atoms with Crippen LogP contribution < -0.4 is 5.32 Å². The Hall–Kier alpha value is -2.13. The number of carbonyl (C=O) groups excluding carboxylic acids is 2. The monoisotopic (exact) mass is 408 g/mol. The van der Waals surface area contributed by atoms with Crippen LogP contribution >= 0.6 is 23.1 Å². The smallest absolute Gasteiger partial charge is 0.341 e. The molecule has 0 fully saturated rings. The summed E-state index contributed by atoms with van der Waals surface area (Å²) >= 11 is 2.68. The minimum atomic E-state index is -0.416. The minimum absolute atomic E-state index is 0.164. The van der Waals surface area contributed by atoms with Crippen molar-refractivity contribution in [1.29, 1.82) is 0 Å². The van der Waals surface area contributed by atoms with E-state index in [1.165, 1.54) is 23.1 Å². The molecule has 0 unspecified atom stereocenters. The van der Waals surface area contributed by atoms with Gasteiger partial charge in [0.05, 0.1) is 17.9 Å². The Morgan fingerprint density at radius 3 is 2.70 bits per heavy atom. The second kappa shape index (κ2) is 9.70. The zero-order chi connectivity index (χ0) is 20.0. The van der Waals surface area contributed by atoms with Crippen molar-refractivity contribution >= 4 is 40.0 Å². The number of anilines is 1. The van der Waals surface area contributed by atoms with Gasteiger partial charge in [-0.2, -0.15) is 0 Å². The summed E-state index contributed by atoms with van der Waals surface area (Å²) in [5.74, 6) is 0.391. The van der Waals surface area contributed by atoms with Gasteiger partial charge in [0.25, 0.3) is 0 Å². The van der Waals surface area contributed by atoms with Gasteiger partial charge >= 0.3 is 5.97 Å². The third kappa shape index (κ3) is 4.98. The summed E-state index contributed by atoms with van der Waals surface area (Å²) in [5, 5.41) is 12.3. The largest absolute Gasteiger partial charge is 0.462 e. The van der Waals surface area contributed by atoms with Crippen LogP contribution in [-0.4, -0.2) is 39.0 Å². The summed E-state index contributed by atoms with van der Waals surface area (Å²) in [7, 11) is 0. The summed E-state index contributed by atoms with van der Waals surface area (Å²) in [6, 6.07) is 0. The second-order valence-corrected chi connectivity index (χ2v) is 7.86. The molecule has 0 bridgehead atoms. The molecule has 2 aromatic heterocycles. The number of nitrogens with zero attached hydrogens (tertiary/aromatic N) is 3. The normalized spacial score (nSPS) is 10.7. The van der Waals surface area contributed by atoms with Crippen LogP contribution in [0.5, 0.6) is 0 Å². The number of hydrogen-bond donors (Lipinski definition) is 1. The predicted molar refractivity (Wildman–Crippen MR) is 109 cm³/mol. The average Bonchev–Trinajstić information content (AvgIpc) is 3.14. The molecule has 1 amide bonds. The molecule has 0 aromatic carbocycles. The van der Waals surface area contributed by atoms with E-state index in [0.29, 0.717) is 22.3 Å². The van der Waals surface area contributed by atoms with Crippen molar-refractivity contribution in [2.24, 2.45) is 0 Å². The van der Waals surface area contributed by atoms with Gasteiger partial charge < -0.3 is 14.6 Å². The Morgan fingerprint density at radius 2 is 2.07 bits per heavy atom. The van der Waals surface area contributed by atoms with E-state index in [9.17, 15) is 9.59 Å². The van der Waals surface area contributed by atoms with Crippen molar-refractivity contribution in [2.45, 2.75) is 45.8 Å². The summed E-state index contributed by atoms with van der Waals surface area (Å²) < 4.78 is 7.05. The fraction of sp³-hybridized carbons (Fsp3) is 0.444. The van der Waals surface area contributed by atoms with Gasteiger partial charge in [-0.15, -0.1) is 28.1 Å². The summed E-state index contributed by atoms with van der Waals surface area (Å²) in [5.41, 5.74) is 1.26. The van der Waals surface area contributed by atoms with E-state index in [1.807, 2.05) is 25.3 Å². The molecule has 0 saturated heterocycles. The summed E-state index contributed by atoms with van der Waals surface area (Å²) in [6.45, 7) is 12.2. The maximum absolute atomic E-state index is 12.4. The van der Waals surface area contributed by atoms with E-state index in [-0.39, 0.29) is 18.3 Å². The van der Waals surface area contributed by atoms with E-state index in [1.54, 1.807) is 13.0 Å². The summed E-state index contributed by atoms with van der Waals surface area (Å²) in [6.07, 6.45) is 2.53. The molecule has 7 nitrogen and oxygen atoms in total. The van der Waals surface area contributed by atoms with Crippen LogP contribution in [0.15, 0.2) is 17.8 Å². The Bertz CT molecular complexity index is 842. The molecule has 2 aromatic rings. The highest BCUT2D eigenvalue weighted by atomic mass is 32.2. The molecule has 0 radical (unpaired) electrons. The molecule has 146 valence electrons. The van der Waals surface area contributed by atoms with Gasteiger partial charge in [-0.05, 0) is 26.3 Å². The third-order valence-electron chi connectivity index (χ3n) is 3.87. The number of amides is 1. The number of hydrogen-bond acceptors (Lipinski definition) is 7. The number of thiophene rings is 1. The minimum Gasteiger partial charge on any atom is -0.462 e. The van der Waals surface area contributed by atoms with Gasteiger partial charge in [-0.1, -0.05) is 24.8 Å². The van der Waals surface area contributed by atoms with Gasteiger partial charge in [0.1, 0.15) is 10.8 Å². The Balaban J connectivity index is 2.09. The fourth-order valence-corrected chi connectivity index (χ4v) is 4.29. The molecule has 27 heavy (non-hydrogen) atoms. The van der Waals surface area contributed by atoms with E-state index in [2.05, 4.69) is 22.1 Å². The standard InChI is InChI=1S/C18H24N4O3S2/c1-6-9-22-13(7-2)20-21-18(22)26-10-14(23)19-16-15(17(24)25-8-3)11(4)12(5)27-16/h6H,1,7-10H2,2-5H3,(H,19,23). The van der Waals surface area contributed by atoms with Crippen molar-refractivity contribution in [3.63, 3.8) is 0 Å². The zero-order valence-electron chi connectivity index (χ0n) is 16.0. The molecule has 0 saturated carbocycles. The Morgan fingerprint density at radius 1 is 1.33 bits per heavy atom.